The number of halogens is 2. The number of nitrogens with zero attached hydrogens (tertiary/aromatic N) is 2. The summed E-state index contributed by atoms with van der Waals surface area (Å²) < 4.78 is 5.64. The van der Waals surface area contributed by atoms with E-state index < -0.39 is 0 Å². The summed E-state index contributed by atoms with van der Waals surface area (Å²) in [5.41, 5.74) is 1.17. The zero-order valence-corrected chi connectivity index (χ0v) is 16.8. The zero-order valence-electron chi connectivity index (χ0n) is 15.3. The van der Waals surface area contributed by atoms with E-state index in [1.54, 1.807) is 42.5 Å². The molecule has 7 nitrogen and oxygen atoms in total. The van der Waals surface area contributed by atoms with E-state index in [2.05, 4.69) is 20.6 Å². The van der Waals surface area contributed by atoms with Gasteiger partial charge in [-0.1, -0.05) is 29.3 Å². The highest BCUT2D eigenvalue weighted by molar-refractivity contribution is 6.36. The molecule has 0 fully saturated rings. The van der Waals surface area contributed by atoms with Gasteiger partial charge in [-0.05, 0) is 42.0 Å². The SMILES string of the molecule is CC(=O)Nc1cc(Oc2ccc(NC(=O)Cc3c(Cl)cccc3Cl)cc2)ncn1. The molecule has 9 heteroatoms. The standard InChI is InChI=1S/C20H16Cl2N4O3/c1-12(27)25-18-10-20(24-11-23-18)29-14-7-5-13(6-8-14)26-19(28)9-15-16(21)3-2-4-17(15)22/h2-8,10-11H,9H2,1H3,(H,26,28)(H,23,24,25,27). The molecule has 0 aliphatic carbocycles. The lowest BCUT2D eigenvalue weighted by Crippen LogP contribution is -2.14. The highest BCUT2D eigenvalue weighted by Crippen LogP contribution is 2.26. The van der Waals surface area contributed by atoms with E-state index in [1.165, 1.54) is 19.3 Å². The van der Waals surface area contributed by atoms with Gasteiger partial charge in [0.15, 0.2) is 0 Å². The minimum Gasteiger partial charge on any atom is -0.439 e. The van der Waals surface area contributed by atoms with Gasteiger partial charge in [0, 0.05) is 28.7 Å². The van der Waals surface area contributed by atoms with Crippen molar-refractivity contribution in [3.05, 3.63) is 70.5 Å². The van der Waals surface area contributed by atoms with E-state index in [1.807, 2.05) is 0 Å². The summed E-state index contributed by atoms with van der Waals surface area (Å²) in [5.74, 6) is 0.625. The predicted molar refractivity (Wildman–Crippen MR) is 112 cm³/mol. The van der Waals surface area contributed by atoms with Crippen LogP contribution in [0.1, 0.15) is 12.5 Å². The fourth-order valence-electron chi connectivity index (χ4n) is 2.44. The summed E-state index contributed by atoms with van der Waals surface area (Å²) in [7, 11) is 0. The van der Waals surface area contributed by atoms with Gasteiger partial charge in [0.1, 0.15) is 17.9 Å². The van der Waals surface area contributed by atoms with Crippen molar-refractivity contribution >= 4 is 46.5 Å². The number of nitrogens with one attached hydrogen (secondary N) is 2. The molecule has 0 saturated carbocycles. The normalized spacial score (nSPS) is 10.3. The van der Waals surface area contributed by atoms with Gasteiger partial charge in [-0.2, -0.15) is 0 Å². The molecule has 1 heterocycles. The van der Waals surface area contributed by atoms with Crippen LogP contribution in [-0.2, 0) is 16.0 Å². The van der Waals surface area contributed by atoms with Crippen LogP contribution in [0, 0.1) is 0 Å². The van der Waals surface area contributed by atoms with Crippen molar-refractivity contribution in [1.29, 1.82) is 0 Å². The van der Waals surface area contributed by atoms with Gasteiger partial charge < -0.3 is 15.4 Å². The first kappa shape index (κ1) is 20.6. The monoisotopic (exact) mass is 430 g/mol. The molecule has 3 aromatic rings. The Morgan fingerprint density at radius 3 is 2.34 bits per heavy atom. The number of carbonyl (C=O) groups excluding carboxylic acids is 2. The zero-order chi connectivity index (χ0) is 20.8. The minimum atomic E-state index is -0.246. The predicted octanol–water partition coefficient (Wildman–Crippen LogP) is 4.72. The van der Waals surface area contributed by atoms with Crippen molar-refractivity contribution in [2.24, 2.45) is 0 Å². The van der Waals surface area contributed by atoms with Crippen molar-refractivity contribution in [2.75, 3.05) is 10.6 Å². The van der Waals surface area contributed by atoms with E-state index in [0.29, 0.717) is 32.9 Å². The number of benzene rings is 2. The fraction of sp³-hybridized carbons (Fsp3) is 0.100. The van der Waals surface area contributed by atoms with Crippen molar-refractivity contribution in [3.63, 3.8) is 0 Å². The Balaban J connectivity index is 1.61. The average Bonchev–Trinajstić information content (AvgIpc) is 2.66. The van der Waals surface area contributed by atoms with Gasteiger partial charge in [-0.25, -0.2) is 9.97 Å². The molecule has 3 rings (SSSR count). The van der Waals surface area contributed by atoms with Crippen molar-refractivity contribution < 1.29 is 14.3 Å². The molecule has 148 valence electrons. The first-order valence-corrected chi connectivity index (χ1v) is 9.26. The smallest absolute Gasteiger partial charge is 0.228 e. The van der Waals surface area contributed by atoms with Crippen LogP contribution in [0.3, 0.4) is 0 Å². The third-order valence-corrected chi connectivity index (χ3v) is 4.41. The van der Waals surface area contributed by atoms with Crippen LogP contribution < -0.4 is 15.4 Å². The maximum atomic E-state index is 12.3. The lowest BCUT2D eigenvalue weighted by molar-refractivity contribution is -0.116. The molecule has 0 aliphatic heterocycles. The van der Waals surface area contributed by atoms with Crippen LogP contribution in [0.25, 0.3) is 0 Å². The van der Waals surface area contributed by atoms with Gasteiger partial charge in [0.25, 0.3) is 0 Å². The number of hydrogen-bond acceptors (Lipinski definition) is 5. The van der Waals surface area contributed by atoms with Gasteiger partial charge >= 0.3 is 0 Å². The molecule has 0 spiro atoms. The molecule has 0 saturated heterocycles. The van der Waals surface area contributed by atoms with E-state index in [0.717, 1.165) is 0 Å². The molecule has 0 atom stereocenters. The van der Waals surface area contributed by atoms with Crippen LogP contribution in [0.2, 0.25) is 10.0 Å². The maximum absolute atomic E-state index is 12.3. The minimum absolute atomic E-state index is 0.0591. The Morgan fingerprint density at radius 2 is 1.69 bits per heavy atom. The number of aromatic nitrogens is 2. The molecule has 2 N–H and O–H groups in total. The molecule has 0 unspecified atom stereocenters. The lowest BCUT2D eigenvalue weighted by Gasteiger charge is -2.09. The Kier molecular flexibility index (Phi) is 6.64. The number of hydrogen-bond donors (Lipinski definition) is 2. The Hall–Kier alpha value is -3.16. The molecular formula is C20H16Cl2N4O3. The third-order valence-electron chi connectivity index (χ3n) is 3.71. The Morgan fingerprint density at radius 1 is 1.00 bits per heavy atom. The molecule has 0 aliphatic rings. The summed E-state index contributed by atoms with van der Waals surface area (Å²) in [6.07, 6.45) is 1.35. The van der Waals surface area contributed by atoms with Crippen molar-refractivity contribution in [2.45, 2.75) is 13.3 Å². The second-order valence-electron chi connectivity index (χ2n) is 5.97. The van der Waals surface area contributed by atoms with E-state index in [9.17, 15) is 9.59 Å². The van der Waals surface area contributed by atoms with Crippen molar-refractivity contribution in [3.8, 4) is 11.6 Å². The molecule has 2 aromatic carbocycles. The van der Waals surface area contributed by atoms with Crippen LogP contribution in [0.4, 0.5) is 11.5 Å². The second-order valence-corrected chi connectivity index (χ2v) is 6.79. The Bertz CT molecular complexity index is 1020. The number of ether oxygens (including phenoxy) is 1. The van der Waals surface area contributed by atoms with E-state index in [-0.39, 0.29) is 24.1 Å². The number of anilines is 2. The summed E-state index contributed by atoms with van der Waals surface area (Å²) in [6, 6.07) is 13.3. The van der Waals surface area contributed by atoms with Gasteiger partial charge in [0.2, 0.25) is 17.7 Å². The summed E-state index contributed by atoms with van der Waals surface area (Å²) in [4.78, 5) is 31.3. The topological polar surface area (TPSA) is 93.2 Å². The molecule has 29 heavy (non-hydrogen) atoms. The largest absolute Gasteiger partial charge is 0.439 e. The quantitative estimate of drug-likeness (QED) is 0.590. The van der Waals surface area contributed by atoms with E-state index in [4.69, 9.17) is 27.9 Å². The summed E-state index contributed by atoms with van der Waals surface area (Å²) in [5, 5.41) is 6.22. The highest BCUT2D eigenvalue weighted by atomic mass is 35.5. The molecule has 0 radical (unpaired) electrons. The maximum Gasteiger partial charge on any atom is 0.228 e. The van der Waals surface area contributed by atoms with Crippen LogP contribution >= 0.6 is 23.2 Å². The van der Waals surface area contributed by atoms with E-state index >= 15 is 0 Å². The van der Waals surface area contributed by atoms with Crippen molar-refractivity contribution in [1.82, 2.24) is 9.97 Å². The highest BCUT2D eigenvalue weighted by Gasteiger charge is 2.11. The molecule has 1 aromatic heterocycles. The Labute approximate surface area is 177 Å². The van der Waals surface area contributed by atoms with Crippen LogP contribution in [-0.4, -0.2) is 21.8 Å². The number of rotatable bonds is 6. The number of amides is 2. The number of carbonyl (C=O) groups is 2. The molecular weight excluding hydrogens is 415 g/mol. The fourth-order valence-corrected chi connectivity index (χ4v) is 2.97. The molecule has 0 bridgehead atoms. The van der Waals surface area contributed by atoms with Gasteiger partial charge in [0.05, 0.1) is 6.42 Å². The molecule has 2 amide bonds. The second kappa shape index (κ2) is 9.36. The first-order valence-electron chi connectivity index (χ1n) is 8.51. The van der Waals surface area contributed by atoms with Crippen LogP contribution in [0.15, 0.2) is 54.9 Å². The summed E-state index contributed by atoms with van der Waals surface area (Å²) >= 11 is 12.2. The van der Waals surface area contributed by atoms with Crippen LogP contribution in [0.5, 0.6) is 11.6 Å². The first-order chi connectivity index (χ1) is 13.9. The summed E-state index contributed by atoms with van der Waals surface area (Å²) in [6.45, 7) is 1.38. The third kappa shape index (κ3) is 5.91. The van der Waals surface area contributed by atoms with Gasteiger partial charge in [-0.3, -0.25) is 9.59 Å². The average molecular weight is 431 g/mol. The van der Waals surface area contributed by atoms with Gasteiger partial charge in [-0.15, -0.1) is 0 Å². The lowest BCUT2D eigenvalue weighted by atomic mass is 10.1.